The largest absolute Gasteiger partial charge is 2.00 e. The number of rotatable bonds is 34. The van der Waals surface area contributed by atoms with E-state index in [0.29, 0.717) is 23.6 Å². The summed E-state index contributed by atoms with van der Waals surface area (Å²) < 4.78 is 74.1. The average molecular weight is 983 g/mol. The van der Waals surface area contributed by atoms with Crippen molar-refractivity contribution in [1.29, 1.82) is 0 Å². The van der Waals surface area contributed by atoms with Crippen molar-refractivity contribution in [2.45, 2.75) is 243 Å². The quantitative estimate of drug-likeness (QED) is 0.0262. The molecule has 0 saturated carbocycles. The Bertz CT molecular complexity index is 1960. The Balaban J connectivity index is 0.000000440. The van der Waals surface area contributed by atoms with Gasteiger partial charge in [0.15, 0.2) is 0 Å². The molecular formula is C56H86CuO6S2. The molecule has 0 amide bonds. The van der Waals surface area contributed by atoms with E-state index in [2.05, 4.69) is 39.8 Å². The second-order valence-corrected chi connectivity index (χ2v) is 21.2. The van der Waals surface area contributed by atoms with Crippen LogP contribution in [0.15, 0.2) is 70.5 Å². The maximum atomic E-state index is 12.3. The van der Waals surface area contributed by atoms with E-state index in [-0.39, 0.29) is 26.9 Å². The molecule has 0 aliphatic rings. The first-order valence-corrected chi connectivity index (χ1v) is 28.8. The fourth-order valence-corrected chi connectivity index (χ4v) is 11.4. The second kappa shape index (κ2) is 34.1. The van der Waals surface area contributed by atoms with E-state index in [4.69, 9.17) is 0 Å². The molecular weight excluding hydrogens is 896 g/mol. The molecule has 369 valence electrons. The molecule has 0 N–H and O–H groups in total. The topological polar surface area (TPSA) is 114 Å². The first-order valence-electron chi connectivity index (χ1n) is 26.0. The molecule has 0 unspecified atom stereocenters. The van der Waals surface area contributed by atoms with Crippen LogP contribution in [0.2, 0.25) is 0 Å². The molecule has 1 radical (unpaired) electrons. The number of unbranched alkanes of at least 4 members (excludes halogenated alkanes) is 24. The molecule has 0 spiro atoms. The molecule has 0 aromatic heterocycles. The number of hydrogen-bond acceptors (Lipinski definition) is 6. The Kier molecular flexibility index (Phi) is 30.9. The minimum atomic E-state index is -4.53. The predicted molar refractivity (Wildman–Crippen MR) is 271 cm³/mol. The van der Waals surface area contributed by atoms with Crippen LogP contribution in [0, 0.1) is 0 Å². The van der Waals surface area contributed by atoms with Gasteiger partial charge >= 0.3 is 17.1 Å². The number of fused-ring (bicyclic) bond motifs is 2. The van der Waals surface area contributed by atoms with Crippen molar-refractivity contribution in [2.24, 2.45) is 0 Å². The van der Waals surface area contributed by atoms with Gasteiger partial charge in [-0.05, 0) is 95.2 Å². The summed E-state index contributed by atoms with van der Waals surface area (Å²) in [6.45, 7) is 8.90. The third-order valence-corrected chi connectivity index (χ3v) is 15.0. The maximum absolute atomic E-state index is 12.3. The SMILES string of the molecule is CCCCCCCCCc1cc2ccccc2c(S(=O)(=O)[O-])c1CCCCCCCCC.CCCCCCCCCc1cc2ccccc2c(S(=O)(=O)[O-])c1CCCCCCCCC.[Cu+2]. The van der Waals surface area contributed by atoms with Crippen molar-refractivity contribution >= 4 is 41.8 Å². The fraction of sp³-hybridized carbons (Fsp3) is 0.643. The normalized spacial score (nSPS) is 11.8. The molecule has 4 aromatic rings. The van der Waals surface area contributed by atoms with Crippen molar-refractivity contribution < 1.29 is 43.0 Å². The zero-order chi connectivity index (χ0) is 46.5. The zero-order valence-corrected chi connectivity index (χ0v) is 43.5. The molecule has 0 aliphatic carbocycles. The van der Waals surface area contributed by atoms with Gasteiger partial charge in [-0.15, -0.1) is 0 Å². The van der Waals surface area contributed by atoms with E-state index >= 15 is 0 Å². The molecule has 4 aromatic carbocycles. The summed E-state index contributed by atoms with van der Waals surface area (Å²) in [5.41, 5.74) is 3.71. The van der Waals surface area contributed by atoms with Gasteiger partial charge in [0.2, 0.25) is 0 Å². The van der Waals surface area contributed by atoms with Crippen molar-refractivity contribution in [1.82, 2.24) is 0 Å². The van der Waals surface area contributed by atoms with Crippen LogP contribution < -0.4 is 0 Å². The van der Waals surface area contributed by atoms with Crippen molar-refractivity contribution in [3.63, 3.8) is 0 Å². The maximum Gasteiger partial charge on any atom is 2.00 e. The van der Waals surface area contributed by atoms with Crippen LogP contribution in [0.25, 0.3) is 21.5 Å². The summed E-state index contributed by atoms with van der Waals surface area (Å²) in [5.74, 6) is 0. The summed E-state index contributed by atoms with van der Waals surface area (Å²) in [5, 5.41) is 2.90. The van der Waals surface area contributed by atoms with Gasteiger partial charge in [-0.25, -0.2) is 16.8 Å². The van der Waals surface area contributed by atoms with Gasteiger partial charge in [-0.1, -0.05) is 242 Å². The molecule has 65 heavy (non-hydrogen) atoms. The van der Waals surface area contributed by atoms with Crippen LogP contribution in [0.5, 0.6) is 0 Å². The van der Waals surface area contributed by atoms with Gasteiger partial charge < -0.3 is 9.11 Å². The summed E-state index contributed by atoms with van der Waals surface area (Å²) >= 11 is 0. The molecule has 9 heteroatoms. The Morgan fingerprint density at radius 3 is 0.877 bits per heavy atom. The zero-order valence-electron chi connectivity index (χ0n) is 41.0. The first-order chi connectivity index (χ1) is 31.0. The van der Waals surface area contributed by atoms with Crippen LogP contribution in [-0.2, 0) is 63.0 Å². The molecule has 0 heterocycles. The van der Waals surface area contributed by atoms with E-state index in [1.54, 1.807) is 12.1 Å². The summed E-state index contributed by atoms with van der Waals surface area (Å²) in [6, 6.07) is 19.2. The number of hydrogen-bond donors (Lipinski definition) is 0. The van der Waals surface area contributed by atoms with Crippen LogP contribution in [0.4, 0.5) is 0 Å². The van der Waals surface area contributed by atoms with E-state index in [0.717, 1.165) is 97.2 Å². The molecule has 0 saturated heterocycles. The molecule has 6 nitrogen and oxygen atoms in total. The van der Waals surface area contributed by atoms with Crippen molar-refractivity contribution in [3.05, 3.63) is 82.9 Å². The van der Waals surface area contributed by atoms with E-state index in [9.17, 15) is 25.9 Å². The third kappa shape index (κ3) is 22.1. The summed E-state index contributed by atoms with van der Waals surface area (Å²) in [4.78, 5) is 0.0825. The molecule has 0 aliphatic heterocycles. The van der Waals surface area contributed by atoms with Gasteiger partial charge in [0, 0.05) is 0 Å². The van der Waals surface area contributed by atoms with Gasteiger partial charge in [-0.3, -0.25) is 0 Å². The number of aryl methyl sites for hydroxylation is 2. The standard InChI is InChI=1S/2C28H44O3S.Cu/c2*1-3-5-7-9-11-13-15-19-24-23-25-20-17-18-22-27(25)28(32(29,30)31)26(24)21-16-14-12-10-8-6-4-2;/h2*17-18,20,22-23H,3-16,19,21H2,1-2H3,(H,29,30,31);/q;;+2/p-2. The Hall–Kier alpha value is -2.26. The van der Waals surface area contributed by atoms with Gasteiger partial charge in [0.1, 0.15) is 20.2 Å². The van der Waals surface area contributed by atoms with Gasteiger partial charge in [0.05, 0.1) is 9.79 Å². The fourth-order valence-electron chi connectivity index (χ4n) is 9.45. The first kappa shape index (κ1) is 58.9. The van der Waals surface area contributed by atoms with Crippen LogP contribution in [-0.4, -0.2) is 25.9 Å². The smallest absolute Gasteiger partial charge is 0.744 e. The monoisotopic (exact) mass is 982 g/mol. The number of benzene rings is 4. The molecule has 0 atom stereocenters. The van der Waals surface area contributed by atoms with E-state index in [1.165, 1.54) is 128 Å². The minimum absolute atomic E-state index is 0. The second-order valence-electron chi connectivity index (χ2n) is 18.5. The van der Waals surface area contributed by atoms with Crippen molar-refractivity contribution in [2.75, 3.05) is 0 Å². The molecule has 0 fully saturated rings. The summed E-state index contributed by atoms with van der Waals surface area (Å²) in [7, 11) is -9.07. The van der Waals surface area contributed by atoms with E-state index in [1.807, 2.05) is 36.4 Å². The van der Waals surface area contributed by atoms with Crippen molar-refractivity contribution in [3.8, 4) is 0 Å². The minimum Gasteiger partial charge on any atom is -0.744 e. The average Bonchev–Trinajstić information content (AvgIpc) is 3.27. The summed E-state index contributed by atoms with van der Waals surface area (Å²) in [6.07, 6.45) is 36.7. The van der Waals surface area contributed by atoms with Crippen LogP contribution in [0.1, 0.15) is 230 Å². The molecule has 4 rings (SSSR count). The Morgan fingerprint density at radius 1 is 0.354 bits per heavy atom. The van der Waals surface area contributed by atoms with Gasteiger partial charge in [-0.2, -0.15) is 0 Å². The van der Waals surface area contributed by atoms with Crippen LogP contribution in [0.3, 0.4) is 0 Å². The Labute approximate surface area is 408 Å². The third-order valence-electron chi connectivity index (χ3n) is 13.1. The van der Waals surface area contributed by atoms with Crippen LogP contribution >= 0.6 is 0 Å². The Morgan fingerprint density at radius 2 is 0.600 bits per heavy atom. The predicted octanol–water partition coefficient (Wildman–Crippen LogP) is 16.7. The molecule has 0 bridgehead atoms. The van der Waals surface area contributed by atoms with E-state index < -0.39 is 20.2 Å². The van der Waals surface area contributed by atoms with Gasteiger partial charge in [0.25, 0.3) is 0 Å².